The summed E-state index contributed by atoms with van der Waals surface area (Å²) in [4.78, 5) is 9.11. The first-order chi connectivity index (χ1) is 17.0. The van der Waals surface area contributed by atoms with Gasteiger partial charge in [-0.25, -0.2) is 0 Å². The summed E-state index contributed by atoms with van der Waals surface area (Å²) in [5.41, 5.74) is 4.10. The Morgan fingerprint density at radius 1 is 0.639 bits per heavy atom. The minimum absolute atomic E-state index is 0. The first kappa shape index (κ1) is 26.4. The molecule has 2 nitrogen and oxygen atoms in total. The molecule has 0 atom stereocenters. The van der Waals surface area contributed by atoms with E-state index in [0.29, 0.717) is 0 Å². The molecule has 0 aliphatic rings. The molecule has 0 spiro atoms. The fourth-order valence-corrected chi connectivity index (χ4v) is 7.16. The summed E-state index contributed by atoms with van der Waals surface area (Å²) in [6.45, 7) is 0. The minimum Gasteiger partial charge on any atom is -0.304 e. The minimum atomic E-state index is -1.72. The van der Waals surface area contributed by atoms with Crippen LogP contribution in [0, 0.1) is 12.1 Å². The van der Waals surface area contributed by atoms with Crippen molar-refractivity contribution < 1.29 is 20.1 Å². The van der Waals surface area contributed by atoms with E-state index in [2.05, 4.69) is 81.8 Å². The molecular formula is C31H26GeIrN2S-2. The molecule has 3 heterocycles. The molecule has 0 aliphatic carbocycles. The third kappa shape index (κ3) is 6.01. The predicted octanol–water partition coefficient (Wildman–Crippen LogP) is 8.01. The van der Waals surface area contributed by atoms with E-state index >= 15 is 0 Å². The van der Waals surface area contributed by atoms with Crippen molar-refractivity contribution in [3.63, 3.8) is 0 Å². The zero-order valence-electron chi connectivity index (χ0n) is 20.5. The van der Waals surface area contributed by atoms with Crippen molar-refractivity contribution in [1.29, 1.82) is 0 Å². The molecule has 0 saturated carbocycles. The molecule has 5 heteroatoms. The van der Waals surface area contributed by atoms with Crippen LogP contribution in [0.3, 0.4) is 0 Å². The van der Waals surface area contributed by atoms with Crippen LogP contribution in [0.25, 0.3) is 42.7 Å². The first-order valence-electron chi connectivity index (χ1n) is 11.7. The average molecular weight is 723 g/mol. The monoisotopic (exact) mass is 725 g/mol. The Hall–Kier alpha value is -2.63. The van der Waals surface area contributed by atoms with Gasteiger partial charge >= 0.3 is 99.8 Å². The maximum atomic E-state index is 4.57. The molecule has 0 bridgehead atoms. The summed E-state index contributed by atoms with van der Waals surface area (Å²) >= 11 is 0.101. The molecule has 0 aliphatic heterocycles. The fraction of sp³-hybridized carbons (Fsp3) is 0.0968. The Labute approximate surface area is 233 Å². The van der Waals surface area contributed by atoms with Gasteiger partial charge in [0.15, 0.2) is 0 Å². The number of rotatable bonds is 3. The standard InChI is InChI=1S/C17H10NS.C14H16GeN.Ir/c1-2-6-12(7-3-1)15-10-17-14(11-18-15)13-8-4-5-9-16(13)19-17;1-15(2,3)13-9-10-14(16-11-13)12-7-5-4-6-8-12;/h1-6,8-11H;4-7,9-11H,1-3H3;/q2*-1;. The molecule has 0 N–H and O–H groups in total. The van der Waals surface area contributed by atoms with E-state index in [1.807, 2.05) is 72.3 Å². The molecule has 3 aromatic heterocycles. The van der Waals surface area contributed by atoms with Crippen molar-refractivity contribution in [1.82, 2.24) is 9.97 Å². The van der Waals surface area contributed by atoms with Crippen LogP contribution >= 0.6 is 11.3 Å². The van der Waals surface area contributed by atoms with Crippen molar-refractivity contribution in [2.24, 2.45) is 0 Å². The number of nitrogens with zero attached hydrogens (tertiary/aromatic N) is 2. The molecular weight excluding hydrogens is 697 g/mol. The predicted molar refractivity (Wildman–Crippen MR) is 153 cm³/mol. The maximum Gasteiger partial charge on any atom is 0.0355 e. The van der Waals surface area contributed by atoms with Gasteiger partial charge in [-0.2, -0.15) is 0 Å². The smallest absolute Gasteiger partial charge is 0.0355 e. The summed E-state index contributed by atoms with van der Waals surface area (Å²) < 4.78 is 4.04. The van der Waals surface area contributed by atoms with Gasteiger partial charge in [-0.1, -0.05) is 24.3 Å². The molecule has 6 aromatic rings. The maximum absolute atomic E-state index is 4.57. The van der Waals surface area contributed by atoms with E-state index in [1.54, 1.807) is 0 Å². The van der Waals surface area contributed by atoms with Gasteiger partial charge in [0.1, 0.15) is 0 Å². The normalized spacial score (nSPS) is 11.0. The Kier molecular flexibility index (Phi) is 8.53. The van der Waals surface area contributed by atoms with Crippen LogP contribution in [-0.4, -0.2) is 23.2 Å². The SMILES string of the molecule is [CH3][Ge]([CH3])([CH3])[c]1ccc(-c2[c-]cccc2)nc1.[Ir].[c-]1ccccc1-c1cc2sc3ccccc3c2cn1. The summed E-state index contributed by atoms with van der Waals surface area (Å²) in [6, 6.07) is 37.3. The van der Waals surface area contributed by atoms with Gasteiger partial charge in [0.05, 0.1) is 0 Å². The second kappa shape index (κ2) is 11.6. The summed E-state index contributed by atoms with van der Waals surface area (Å²) in [5, 5.41) is 2.53. The number of benzene rings is 3. The molecule has 0 amide bonds. The number of hydrogen-bond acceptors (Lipinski definition) is 3. The van der Waals surface area contributed by atoms with Gasteiger partial charge in [0, 0.05) is 46.5 Å². The number of hydrogen-bond donors (Lipinski definition) is 0. The van der Waals surface area contributed by atoms with Gasteiger partial charge < -0.3 is 4.98 Å². The second-order valence-corrected chi connectivity index (χ2v) is 21.1. The van der Waals surface area contributed by atoms with E-state index < -0.39 is 13.3 Å². The average Bonchev–Trinajstić information content (AvgIpc) is 3.28. The molecule has 6 rings (SSSR count). The van der Waals surface area contributed by atoms with E-state index in [0.717, 1.165) is 22.5 Å². The molecule has 0 saturated heterocycles. The van der Waals surface area contributed by atoms with Gasteiger partial charge in [-0.05, 0) is 11.8 Å². The van der Waals surface area contributed by atoms with Crippen molar-refractivity contribution in [3.8, 4) is 22.5 Å². The van der Waals surface area contributed by atoms with Crippen LogP contribution in [0.1, 0.15) is 0 Å². The van der Waals surface area contributed by atoms with E-state index in [1.165, 1.54) is 24.6 Å². The number of aromatic nitrogens is 2. The number of thiophene rings is 1. The van der Waals surface area contributed by atoms with Crippen LogP contribution in [0.4, 0.5) is 0 Å². The Morgan fingerprint density at radius 2 is 1.28 bits per heavy atom. The van der Waals surface area contributed by atoms with Gasteiger partial charge in [0.25, 0.3) is 0 Å². The Morgan fingerprint density at radius 3 is 1.89 bits per heavy atom. The van der Waals surface area contributed by atoms with Gasteiger partial charge in [-0.15, -0.1) is 47.2 Å². The molecule has 0 fully saturated rings. The van der Waals surface area contributed by atoms with Crippen LogP contribution in [0.15, 0.2) is 103 Å². The summed E-state index contributed by atoms with van der Waals surface area (Å²) in [5.74, 6) is 7.14. The zero-order valence-corrected chi connectivity index (χ0v) is 25.8. The molecule has 36 heavy (non-hydrogen) atoms. The van der Waals surface area contributed by atoms with Crippen molar-refractivity contribution >= 4 is 49.2 Å². The molecule has 0 unspecified atom stereocenters. The largest absolute Gasteiger partial charge is 0.304 e. The molecule has 1 radical (unpaired) electrons. The van der Waals surface area contributed by atoms with Gasteiger partial charge in [0.2, 0.25) is 0 Å². The third-order valence-corrected chi connectivity index (χ3v) is 11.3. The van der Waals surface area contributed by atoms with E-state index in [4.69, 9.17) is 0 Å². The quantitative estimate of drug-likeness (QED) is 0.137. The van der Waals surface area contributed by atoms with Crippen LogP contribution in [0.5, 0.6) is 0 Å². The molecule has 181 valence electrons. The van der Waals surface area contributed by atoms with Crippen molar-refractivity contribution in [2.45, 2.75) is 17.3 Å². The van der Waals surface area contributed by atoms with Crippen LogP contribution < -0.4 is 4.40 Å². The van der Waals surface area contributed by atoms with E-state index in [9.17, 15) is 0 Å². The Bertz CT molecular complexity index is 1560. The van der Waals surface area contributed by atoms with Crippen molar-refractivity contribution in [3.05, 3.63) is 116 Å². The Balaban J connectivity index is 0.000000167. The number of fused-ring (bicyclic) bond motifs is 3. The summed E-state index contributed by atoms with van der Waals surface area (Å²) in [7, 11) is 0. The number of pyridine rings is 2. The van der Waals surface area contributed by atoms with Gasteiger partial charge in [-0.3, -0.25) is 0 Å². The summed E-state index contributed by atoms with van der Waals surface area (Å²) in [6.07, 6.45) is 4.01. The van der Waals surface area contributed by atoms with Crippen LogP contribution in [-0.2, 0) is 20.1 Å². The van der Waals surface area contributed by atoms with E-state index in [-0.39, 0.29) is 20.1 Å². The first-order valence-corrected chi connectivity index (χ1v) is 19.8. The molecule has 3 aromatic carbocycles. The zero-order chi connectivity index (χ0) is 24.3. The van der Waals surface area contributed by atoms with Crippen molar-refractivity contribution in [2.75, 3.05) is 0 Å². The topological polar surface area (TPSA) is 25.8 Å². The third-order valence-electron chi connectivity index (χ3n) is 5.86. The second-order valence-electron chi connectivity index (χ2n) is 9.40. The fourth-order valence-electron chi connectivity index (χ4n) is 3.87. The van der Waals surface area contributed by atoms with Crippen LogP contribution in [0.2, 0.25) is 17.3 Å².